The number of rotatable bonds is 5. The highest BCUT2D eigenvalue weighted by molar-refractivity contribution is 7.89. The number of amides is 1. The van der Waals surface area contributed by atoms with Crippen LogP contribution in [0.2, 0.25) is 5.02 Å². The second-order valence-corrected chi connectivity index (χ2v) is 8.18. The van der Waals surface area contributed by atoms with Crippen molar-refractivity contribution in [1.29, 1.82) is 0 Å². The van der Waals surface area contributed by atoms with Gasteiger partial charge in [-0.15, -0.1) is 0 Å². The fourth-order valence-corrected chi connectivity index (χ4v) is 4.12. The number of hydrogen-bond acceptors (Lipinski definition) is 5. The van der Waals surface area contributed by atoms with E-state index in [0.29, 0.717) is 24.7 Å². The summed E-state index contributed by atoms with van der Waals surface area (Å²) < 4.78 is 28.3. The molecule has 2 heterocycles. The first kappa shape index (κ1) is 18.8. The van der Waals surface area contributed by atoms with Crippen molar-refractivity contribution >= 4 is 27.5 Å². The van der Waals surface area contributed by atoms with Gasteiger partial charge in [0.2, 0.25) is 15.9 Å². The molecule has 8 nitrogen and oxygen atoms in total. The van der Waals surface area contributed by atoms with Gasteiger partial charge in [0.05, 0.1) is 18.8 Å². The van der Waals surface area contributed by atoms with Gasteiger partial charge in [-0.3, -0.25) is 9.48 Å². The molecule has 1 aliphatic rings. The molecule has 3 rings (SSSR count). The first-order valence-corrected chi connectivity index (χ1v) is 9.97. The molecule has 0 bridgehead atoms. The molecule has 1 atom stereocenters. The van der Waals surface area contributed by atoms with E-state index >= 15 is 0 Å². The lowest BCUT2D eigenvalue weighted by Crippen LogP contribution is -2.51. The Morgan fingerprint density at radius 3 is 2.88 bits per heavy atom. The Morgan fingerprint density at radius 2 is 2.19 bits per heavy atom. The minimum atomic E-state index is -3.79. The van der Waals surface area contributed by atoms with Crippen molar-refractivity contribution in [3.05, 3.63) is 47.2 Å². The average molecular weight is 398 g/mol. The molecule has 1 amide bonds. The number of nitrogens with one attached hydrogen (secondary N) is 2. The van der Waals surface area contributed by atoms with Crippen LogP contribution < -0.4 is 10.0 Å². The maximum Gasteiger partial charge on any atom is 0.244 e. The fraction of sp³-hybridized carbons (Fsp3) is 0.375. The summed E-state index contributed by atoms with van der Waals surface area (Å²) in [6, 6.07) is 7.10. The molecule has 0 aliphatic carbocycles. The van der Waals surface area contributed by atoms with E-state index in [2.05, 4.69) is 15.1 Å². The summed E-state index contributed by atoms with van der Waals surface area (Å²) in [6.07, 6.45) is 2.62. The fourth-order valence-electron chi connectivity index (χ4n) is 2.91. The van der Waals surface area contributed by atoms with Crippen molar-refractivity contribution in [3.63, 3.8) is 0 Å². The summed E-state index contributed by atoms with van der Waals surface area (Å²) in [6.45, 7) is 1.36. The number of piperazine rings is 1. The van der Waals surface area contributed by atoms with E-state index in [1.54, 1.807) is 18.0 Å². The lowest BCUT2D eigenvalue weighted by Gasteiger charge is -2.37. The molecule has 10 heteroatoms. The zero-order valence-corrected chi connectivity index (χ0v) is 15.8. The molecule has 140 valence electrons. The van der Waals surface area contributed by atoms with E-state index in [0.717, 1.165) is 5.56 Å². The highest BCUT2D eigenvalue weighted by Crippen LogP contribution is 2.28. The van der Waals surface area contributed by atoms with Crippen molar-refractivity contribution in [1.82, 2.24) is 24.7 Å². The zero-order valence-electron chi connectivity index (χ0n) is 14.2. The second-order valence-electron chi connectivity index (χ2n) is 6.00. The van der Waals surface area contributed by atoms with Crippen LogP contribution in [0.15, 0.2) is 41.6 Å². The molecule has 1 fully saturated rings. The van der Waals surface area contributed by atoms with Crippen LogP contribution in [0.4, 0.5) is 0 Å². The summed E-state index contributed by atoms with van der Waals surface area (Å²) in [5.74, 6) is -0.302. The van der Waals surface area contributed by atoms with Gasteiger partial charge in [-0.1, -0.05) is 29.8 Å². The summed E-state index contributed by atoms with van der Waals surface area (Å²) in [7, 11) is -2.16. The van der Waals surface area contributed by atoms with Crippen LogP contribution >= 0.6 is 11.6 Å². The SMILES string of the molecule is Cn1cc(S(=O)(=O)NCC(=O)N2CCNCC2c2ccccc2Cl)cn1. The van der Waals surface area contributed by atoms with Crippen LogP contribution in [0.5, 0.6) is 0 Å². The van der Waals surface area contributed by atoms with Crippen molar-refractivity contribution in [2.24, 2.45) is 7.05 Å². The standard InChI is InChI=1S/C16H20ClN5O3S/c1-21-11-12(8-19-21)26(24,25)20-10-16(23)22-7-6-18-9-15(22)13-4-2-3-5-14(13)17/h2-5,8,11,15,18,20H,6-7,9-10H2,1H3. The number of carbonyl (C=O) groups is 1. The monoisotopic (exact) mass is 397 g/mol. The van der Waals surface area contributed by atoms with Crippen molar-refractivity contribution in [2.45, 2.75) is 10.9 Å². The van der Waals surface area contributed by atoms with Crippen LogP contribution in [-0.2, 0) is 21.9 Å². The molecule has 1 saturated heterocycles. The number of sulfonamides is 1. The number of aryl methyl sites for hydroxylation is 1. The second kappa shape index (κ2) is 7.75. The number of nitrogens with zero attached hydrogens (tertiary/aromatic N) is 3. The van der Waals surface area contributed by atoms with Gasteiger partial charge in [0, 0.05) is 37.9 Å². The zero-order chi connectivity index (χ0) is 18.7. The normalized spacial score (nSPS) is 18.1. The highest BCUT2D eigenvalue weighted by atomic mass is 35.5. The van der Waals surface area contributed by atoms with Gasteiger partial charge < -0.3 is 10.2 Å². The molecular formula is C16H20ClN5O3S. The van der Waals surface area contributed by atoms with Crippen molar-refractivity contribution in [3.8, 4) is 0 Å². The third-order valence-corrected chi connectivity index (χ3v) is 5.93. The van der Waals surface area contributed by atoms with E-state index in [9.17, 15) is 13.2 Å². The van der Waals surface area contributed by atoms with Gasteiger partial charge in [0.15, 0.2) is 0 Å². The third kappa shape index (κ3) is 4.07. The topological polar surface area (TPSA) is 96.3 Å². The Balaban J connectivity index is 1.72. The summed E-state index contributed by atoms with van der Waals surface area (Å²) in [5, 5.41) is 7.66. The van der Waals surface area contributed by atoms with Crippen LogP contribution in [0, 0.1) is 0 Å². The maximum absolute atomic E-state index is 12.7. The molecule has 1 aromatic carbocycles. The smallest absolute Gasteiger partial charge is 0.244 e. The Bertz CT molecular complexity index is 899. The Kier molecular flexibility index (Phi) is 5.61. The number of hydrogen-bond donors (Lipinski definition) is 2. The predicted octanol–water partition coefficient (Wildman–Crippen LogP) is 0.525. The van der Waals surface area contributed by atoms with Crippen LogP contribution in [0.25, 0.3) is 0 Å². The molecule has 0 saturated carbocycles. The Labute approximate surface area is 157 Å². The maximum atomic E-state index is 12.7. The minimum Gasteiger partial charge on any atom is -0.332 e. The van der Waals surface area contributed by atoms with E-state index in [-0.39, 0.29) is 23.4 Å². The molecule has 0 radical (unpaired) electrons. The molecule has 2 N–H and O–H groups in total. The third-order valence-electron chi connectivity index (χ3n) is 4.23. The molecule has 1 aromatic heterocycles. The van der Waals surface area contributed by atoms with E-state index in [1.807, 2.05) is 18.2 Å². The summed E-state index contributed by atoms with van der Waals surface area (Å²) in [4.78, 5) is 14.4. The molecule has 2 aromatic rings. The van der Waals surface area contributed by atoms with Gasteiger partial charge in [0.25, 0.3) is 0 Å². The minimum absolute atomic E-state index is 0.0239. The Morgan fingerprint density at radius 1 is 1.42 bits per heavy atom. The van der Waals surface area contributed by atoms with Crippen molar-refractivity contribution in [2.75, 3.05) is 26.2 Å². The van der Waals surface area contributed by atoms with E-state index in [4.69, 9.17) is 11.6 Å². The van der Waals surface area contributed by atoms with Gasteiger partial charge in [0.1, 0.15) is 4.90 Å². The lowest BCUT2D eigenvalue weighted by atomic mass is 10.0. The van der Waals surface area contributed by atoms with Gasteiger partial charge >= 0.3 is 0 Å². The molecule has 26 heavy (non-hydrogen) atoms. The number of benzene rings is 1. The number of aromatic nitrogens is 2. The number of halogens is 1. The Hall–Kier alpha value is -1.94. The van der Waals surface area contributed by atoms with E-state index in [1.165, 1.54) is 17.1 Å². The quantitative estimate of drug-likeness (QED) is 0.767. The lowest BCUT2D eigenvalue weighted by molar-refractivity contribution is -0.133. The van der Waals surface area contributed by atoms with Crippen LogP contribution in [0.1, 0.15) is 11.6 Å². The summed E-state index contributed by atoms with van der Waals surface area (Å²) >= 11 is 6.27. The number of carbonyl (C=O) groups excluding carboxylic acids is 1. The van der Waals surface area contributed by atoms with Gasteiger partial charge in [-0.25, -0.2) is 13.1 Å². The first-order chi connectivity index (χ1) is 12.4. The molecule has 1 aliphatic heterocycles. The highest BCUT2D eigenvalue weighted by Gasteiger charge is 2.30. The van der Waals surface area contributed by atoms with Crippen LogP contribution in [-0.4, -0.2) is 55.2 Å². The first-order valence-electron chi connectivity index (χ1n) is 8.11. The predicted molar refractivity (Wildman–Crippen MR) is 97.2 cm³/mol. The van der Waals surface area contributed by atoms with E-state index < -0.39 is 10.0 Å². The molecular weight excluding hydrogens is 378 g/mol. The van der Waals surface area contributed by atoms with Gasteiger partial charge in [-0.2, -0.15) is 5.10 Å². The molecule has 1 unspecified atom stereocenters. The molecule has 0 spiro atoms. The average Bonchev–Trinajstić information content (AvgIpc) is 3.08. The largest absolute Gasteiger partial charge is 0.332 e. The van der Waals surface area contributed by atoms with Crippen LogP contribution in [0.3, 0.4) is 0 Å². The van der Waals surface area contributed by atoms with Gasteiger partial charge in [-0.05, 0) is 11.6 Å². The summed E-state index contributed by atoms with van der Waals surface area (Å²) in [5.41, 5.74) is 0.838. The van der Waals surface area contributed by atoms with Crippen molar-refractivity contribution < 1.29 is 13.2 Å².